The molecule has 0 unspecified atom stereocenters. The van der Waals surface area contributed by atoms with Crippen LogP contribution in [0, 0.1) is 24.0 Å². The number of anilines is 1. The maximum atomic E-state index is 12.8. The van der Waals surface area contributed by atoms with Gasteiger partial charge in [-0.3, -0.25) is 20.0 Å². The number of aryl methyl sites for hydroxylation is 2. The average molecular weight is 497 g/mol. The van der Waals surface area contributed by atoms with Gasteiger partial charge in [-0.15, -0.1) is 0 Å². The monoisotopic (exact) mass is 496 g/mol. The summed E-state index contributed by atoms with van der Waals surface area (Å²) >= 11 is 12.1. The lowest BCUT2D eigenvalue weighted by atomic mass is 10.1. The number of benzene rings is 3. The van der Waals surface area contributed by atoms with Crippen molar-refractivity contribution in [1.29, 1.82) is 0 Å². The number of aromatic nitrogens is 2. The first-order valence-electron chi connectivity index (χ1n) is 10.1. The Bertz CT molecular complexity index is 1400. The molecule has 0 radical (unpaired) electrons. The van der Waals surface area contributed by atoms with Gasteiger partial charge >= 0.3 is 0 Å². The molecule has 0 fully saturated rings. The summed E-state index contributed by atoms with van der Waals surface area (Å²) < 4.78 is 5.84. The Labute approximate surface area is 204 Å². The lowest BCUT2D eigenvalue weighted by Gasteiger charge is -2.10. The summed E-state index contributed by atoms with van der Waals surface area (Å²) in [6.07, 6.45) is 0. The molecule has 0 saturated carbocycles. The van der Waals surface area contributed by atoms with E-state index in [1.807, 2.05) is 32.0 Å². The van der Waals surface area contributed by atoms with Gasteiger partial charge in [-0.25, -0.2) is 0 Å². The smallest absolute Gasteiger partial charge is 0.275 e. The number of nitro benzene ring substituents is 1. The number of ether oxygens (including phenoxy) is 1. The molecular weight excluding hydrogens is 479 g/mol. The predicted molar refractivity (Wildman–Crippen MR) is 131 cm³/mol. The number of H-pyrrole nitrogens is 1. The summed E-state index contributed by atoms with van der Waals surface area (Å²) in [4.78, 5) is 23.7. The standard InChI is InChI=1S/C24H18Cl2N4O4/c1-13-5-14(2)7-18(6-13)34-19-10-16(9-17(11-19)30(32)33)27-24(31)23-12-22(28-29-23)20-4-3-15(25)8-21(20)26/h3-12H,1-2H3,(H,27,31)(H,28,29). The fourth-order valence-electron chi connectivity index (χ4n) is 3.42. The largest absolute Gasteiger partial charge is 0.457 e. The number of nitro groups is 1. The van der Waals surface area contributed by atoms with Crippen molar-refractivity contribution < 1.29 is 14.5 Å². The van der Waals surface area contributed by atoms with Crippen molar-refractivity contribution in [2.45, 2.75) is 13.8 Å². The number of carbonyl (C=O) groups is 1. The van der Waals surface area contributed by atoms with Crippen LogP contribution in [0.15, 0.2) is 60.7 Å². The Morgan fingerprint density at radius 3 is 2.38 bits per heavy atom. The van der Waals surface area contributed by atoms with Gasteiger partial charge in [0.05, 0.1) is 27.4 Å². The molecule has 3 aromatic carbocycles. The summed E-state index contributed by atoms with van der Waals surface area (Å²) in [6, 6.07) is 16.1. The molecule has 10 heteroatoms. The minimum atomic E-state index is -0.555. The first-order chi connectivity index (χ1) is 16.2. The summed E-state index contributed by atoms with van der Waals surface area (Å²) in [7, 11) is 0. The number of nitrogens with one attached hydrogen (secondary N) is 2. The van der Waals surface area contributed by atoms with Gasteiger partial charge in [0.15, 0.2) is 0 Å². The lowest BCUT2D eigenvalue weighted by molar-refractivity contribution is -0.384. The highest BCUT2D eigenvalue weighted by molar-refractivity contribution is 6.36. The Hall–Kier alpha value is -3.88. The molecule has 0 spiro atoms. The number of carbonyl (C=O) groups excluding carboxylic acids is 1. The van der Waals surface area contributed by atoms with Crippen LogP contribution < -0.4 is 10.1 Å². The minimum Gasteiger partial charge on any atom is -0.457 e. The van der Waals surface area contributed by atoms with Crippen LogP contribution in [0.3, 0.4) is 0 Å². The maximum Gasteiger partial charge on any atom is 0.275 e. The van der Waals surface area contributed by atoms with Crippen molar-refractivity contribution in [3.8, 4) is 22.8 Å². The Kier molecular flexibility index (Phi) is 6.54. The van der Waals surface area contributed by atoms with E-state index in [1.54, 1.807) is 18.2 Å². The Morgan fingerprint density at radius 2 is 1.71 bits per heavy atom. The van der Waals surface area contributed by atoms with Crippen molar-refractivity contribution >= 4 is 40.5 Å². The minimum absolute atomic E-state index is 0.143. The highest BCUT2D eigenvalue weighted by Crippen LogP contribution is 2.32. The number of hydrogen-bond donors (Lipinski definition) is 2. The number of aromatic amines is 1. The van der Waals surface area contributed by atoms with E-state index < -0.39 is 10.8 Å². The van der Waals surface area contributed by atoms with Crippen LogP contribution in [-0.2, 0) is 0 Å². The zero-order valence-corrected chi connectivity index (χ0v) is 19.6. The van der Waals surface area contributed by atoms with Gasteiger partial charge in [-0.05, 0) is 61.4 Å². The third-order valence-electron chi connectivity index (χ3n) is 4.82. The zero-order valence-electron chi connectivity index (χ0n) is 18.1. The third kappa shape index (κ3) is 5.36. The fraction of sp³-hybridized carbons (Fsp3) is 0.0833. The van der Waals surface area contributed by atoms with Crippen molar-refractivity contribution in [2.75, 3.05) is 5.32 Å². The van der Waals surface area contributed by atoms with E-state index in [4.69, 9.17) is 27.9 Å². The molecule has 4 rings (SSSR count). The normalized spacial score (nSPS) is 10.7. The van der Waals surface area contributed by atoms with Gasteiger partial charge in [-0.2, -0.15) is 5.10 Å². The molecule has 8 nitrogen and oxygen atoms in total. The van der Waals surface area contributed by atoms with Crippen molar-refractivity contribution in [3.05, 3.63) is 97.6 Å². The first-order valence-corrected chi connectivity index (χ1v) is 10.8. The van der Waals surface area contributed by atoms with E-state index in [1.165, 1.54) is 24.3 Å². The lowest BCUT2D eigenvalue weighted by Crippen LogP contribution is -2.12. The molecule has 0 aliphatic carbocycles. The van der Waals surface area contributed by atoms with Crippen molar-refractivity contribution in [1.82, 2.24) is 10.2 Å². The van der Waals surface area contributed by atoms with Crippen LogP contribution in [-0.4, -0.2) is 21.0 Å². The molecule has 1 aromatic heterocycles. The molecule has 0 bridgehead atoms. The van der Waals surface area contributed by atoms with Gasteiger partial charge in [0.1, 0.15) is 17.2 Å². The molecule has 172 valence electrons. The van der Waals surface area contributed by atoms with Crippen LogP contribution >= 0.6 is 23.2 Å². The van der Waals surface area contributed by atoms with E-state index in [9.17, 15) is 14.9 Å². The number of hydrogen-bond acceptors (Lipinski definition) is 5. The van der Waals surface area contributed by atoms with E-state index in [-0.39, 0.29) is 22.8 Å². The van der Waals surface area contributed by atoms with Gasteiger partial charge in [0.25, 0.3) is 11.6 Å². The number of nitrogens with zero attached hydrogens (tertiary/aromatic N) is 2. The first kappa shape index (κ1) is 23.3. The second-order valence-electron chi connectivity index (χ2n) is 7.64. The highest BCUT2D eigenvalue weighted by Gasteiger charge is 2.17. The van der Waals surface area contributed by atoms with Crippen molar-refractivity contribution in [2.24, 2.45) is 0 Å². The topological polar surface area (TPSA) is 110 Å². The number of rotatable bonds is 6. The molecule has 1 amide bonds. The van der Waals surface area contributed by atoms with Crippen molar-refractivity contribution in [3.63, 3.8) is 0 Å². The molecule has 0 atom stereocenters. The quantitative estimate of drug-likeness (QED) is 0.221. The predicted octanol–water partition coefficient (Wildman–Crippen LogP) is 6.95. The van der Waals surface area contributed by atoms with E-state index in [0.717, 1.165) is 11.1 Å². The zero-order chi connectivity index (χ0) is 24.4. The highest BCUT2D eigenvalue weighted by atomic mass is 35.5. The summed E-state index contributed by atoms with van der Waals surface area (Å²) in [5.41, 5.74) is 3.14. The fourth-order valence-corrected chi connectivity index (χ4v) is 3.92. The van der Waals surface area contributed by atoms with Gasteiger partial charge in [0.2, 0.25) is 0 Å². The van der Waals surface area contributed by atoms with E-state index in [0.29, 0.717) is 27.1 Å². The molecular formula is C24H18Cl2N4O4. The number of amides is 1. The molecule has 4 aromatic rings. The SMILES string of the molecule is Cc1cc(C)cc(Oc2cc(NC(=O)c3cc(-c4ccc(Cl)cc4Cl)n[nH]3)cc([N+](=O)[O-])c2)c1. The van der Waals surface area contributed by atoms with Crippen LogP contribution in [0.4, 0.5) is 11.4 Å². The van der Waals surface area contributed by atoms with E-state index >= 15 is 0 Å². The van der Waals surface area contributed by atoms with Gasteiger partial charge < -0.3 is 10.1 Å². The van der Waals surface area contributed by atoms with Gasteiger partial charge in [0, 0.05) is 22.7 Å². The van der Waals surface area contributed by atoms with Crippen LogP contribution in [0.25, 0.3) is 11.3 Å². The van der Waals surface area contributed by atoms with E-state index in [2.05, 4.69) is 15.5 Å². The van der Waals surface area contributed by atoms with Crippen LogP contribution in [0.1, 0.15) is 21.6 Å². The molecule has 34 heavy (non-hydrogen) atoms. The second-order valence-corrected chi connectivity index (χ2v) is 8.49. The molecule has 1 heterocycles. The Morgan fingerprint density at radius 1 is 1.00 bits per heavy atom. The summed E-state index contributed by atoms with van der Waals surface area (Å²) in [5.74, 6) is 0.211. The molecule has 0 aliphatic rings. The summed E-state index contributed by atoms with van der Waals surface area (Å²) in [5, 5.41) is 21.7. The molecule has 0 saturated heterocycles. The van der Waals surface area contributed by atoms with Gasteiger partial charge in [-0.1, -0.05) is 29.3 Å². The summed E-state index contributed by atoms with van der Waals surface area (Å²) in [6.45, 7) is 3.85. The van der Waals surface area contributed by atoms with Crippen LogP contribution in [0.2, 0.25) is 10.0 Å². The number of non-ortho nitro benzene ring substituents is 1. The molecule has 0 aliphatic heterocycles. The number of halogens is 2. The maximum absolute atomic E-state index is 12.8. The second kappa shape index (κ2) is 9.54. The van der Waals surface area contributed by atoms with Crippen LogP contribution in [0.5, 0.6) is 11.5 Å². The third-order valence-corrected chi connectivity index (χ3v) is 5.37. The Balaban J connectivity index is 1.59. The molecule has 2 N–H and O–H groups in total. The average Bonchev–Trinajstić information content (AvgIpc) is 3.23.